The second kappa shape index (κ2) is 2.35. The van der Waals surface area contributed by atoms with Crippen molar-refractivity contribution in [1.29, 1.82) is 0 Å². The number of rotatable bonds is 2. The molecule has 1 saturated carbocycles. The van der Waals surface area contributed by atoms with Crippen LogP contribution >= 0.6 is 0 Å². The molecule has 0 bridgehead atoms. The average Bonchev–Trinajstić information content (AvgIpc) is 1.79. The SMILES string of the molecule is N[C@@H]1CC[C@@H]1CC(=O)O. The van der Waals surface area contributed by atoms with Gasteiger partial charge in [-0.2, -0.15) is 0 Å². The molecule has 9 heavy (non-hydrogen) atoms. The number of aliphatic carboxylic acids is 1. The summed E-state index contributed by atoms with van der Waals surface area (Å²) in [5, 5.41) is 8.31. The molecular formula is C6H11NO2. The van der Waals surface area contributed by atoms with Gasteiger partial charge in [-0.1, -0.05) is 0 Å². The lowest BCUT2D eigenvalue weighted by Gasteiger charge is -2.31. The quantitative estimate of drug-likeness (QED) is 0.559. The van der Waals surface area contributed by atoms with Crippen molar-refractivity contribution in [1.82, 2.24) is 0 Å². The Morgan fingerprint density at radius 1 is 1.67 bits per heavy atom. The highest BCUT2D eigenvalue weighted by molar-refractivity contribution is 5.67. The fourth-order valence-corrected chi connectivity index (χ4v) is 1.07. The maximum atomic E-state index is 10.1. The highest BCUT2D eigenvalue weighted by Gasteiger charge is 2.28. The monoisotopic (exact) mass is 129 g/mol. The molecule has 1 aliphatic carbocycles. The fraction of sp³-hybridized carbons (Fsp3) is 0.833. The predicted molar refractivity (Wildman–Crippen MR) is 33.0 cm³/mol. The smallest absolute Gasteiger partial charge is 0.303 e. The molecule has 0 aromatic rings. The molecule has 1 aliphatic rings. The third kappa shape index (κ3) is 1.42. The van der Waals surface area contributed by atoms with E-state index in [0.717, 1.165) is 12.8 Å². The van der Waals surface area contributed by atoms with E-state index in [0.29, 0.717) is 0 Å². The Balaban J connectivity index is 2.21. The lowest BCUT2D eigenvalue weighted by atomic mass is 9.78. The van der Waals surface area contributed by atoms with Crippen LogP contribution in [0, 0.1) is 5.92 Å². The van der Waals surface area contributed by atoms with Gasteiger partial charge in [-0.05, 0) is 18.8 Å². The van der Waals surface area contributed by atoms with Crippen LogP contribution < -0.4 is 5.73 Å². The van der Waals surface area contributed by atoms with Crippen molar-refractivity contribution >= 4 is 5.97 Å². The summed E-state index contributed by atoms with van der Waals surface area (Å²) in [5.41, 5.74) is 5.51. The lowest BCUT2D eigenvalue weighted by molar-refractivity contribution is -0.139. The summed E-state index contributed by atoms with van der Waals surface area (Å²) in [7, 11) is 0. The van der Waals surface area contributed by atoms with Crippen LogP contribution in [0.4, 0.5) is 0 Å². The van der Waals surface area contributed by atoms with E-state index in [1.807, 2.05) is 0 Å². The zero-order valence-electron chi connectivity index (χ0n) is 5.21. The molecule has 3 heteroatoms. The van der Waals surface area contributed by atoms with Gasteiger partial charge in [-0.15, -0.1) is 0 Å². The third-order valence-electron chi connectivity index (χ3n) is 1.91. The molecular weight excluding hydrogens is 118 g/mol. The number of carboxylic acids is 1. The van der Waals surface area contributed by atoms with E-state index in [1.165, 1.54) is 0 Å². The largest absolute Gasteiger partial charge is 0.481 e. The number of carbonyl (C=O) groups is 1. The maximum Gasteiger partial charge on any atom is 0.303 e. The maximum absolute atomic E-state index is 10.1. The summed E-state index contributed by atoms with van der Waals surface area (Å²) in [6.45, 7) is 0. The van der Waals surface area contributed by atoms with Crippen molar-refractivity contribution in [3.63, 3.8) is 0 Å². The molecule has 3 nitrogen and oxygen atoms in total. The fourth-order valence-electron chi connectivity index (χ4n) is 1.07. The Kier molecular flexibility index (Phi) is 1.71. The van der Waals surface area contributed by atoms with Gasteiger partial charge in [0.15, 0.2) is 0 Å². The highest BCUT2D eigenvalue weighted by atomic mass is 16.4. The summed E-state index contributed by atoms with van der Waals surface area (Å²) in [6, 6.07) is 0.154. The lowest BCUT2D eigenvalue weighted by Crippen LogP contribution is -2.40. The van der Waals surface area contributed by atoms with Crippen molar-refractivity contribution in [3.05, 3.63) is 0 Å². The molecule has 52 valence electrons. The van der Waals surface area contributed by atoms with E-state index in [9.17, 15) is 4.79 Å². The predicted octanol–water partition coefficient (Wildman–Crippen LogP) is 0.198. The van der Waals surface area contributed by atoms with Crippen LogP contribution in [-0.4, -0.2) is 17.1 Å². The van der Waals surface area contributed by atoms with Gasteiger partial charge in [0, 0.05) is 12.5 Å². The Morgan fingerprint density at radius 2 is 2.33 bits per heavy atom. The van der Waals surface area contributed by atoms with Crippen molar-refractivity contribution in [2.45, 2.75) is 25.3 Å². The summed E-state index contributed by atoms with van der Waals surface area (Å²) >= 11 is 0. The van der Waals surface area contributed by atoms with Gasteiger partial charge in [0.25, 0.3) is 0 Å². The standard InChI is InChI=1S/C6H11NO2/c7-5-2-1-4(5)3-6(8)9/h4-5H,1-3,7H2,(H,8,9)/t4-,5-/m1/s1. The van der Waals surface area contributed by atoms with Gasteiger partial charge in [0.05, 0.1) is 0 Å². The van der Waals surface area contributed by atoms with Gasteiger partial charge in [0.1, 0.15) is 0 Å². The second-order valence-corrected chi connectivity index (χ2v) is 2.60. The first-order valence-electron chi connectivity index (χ1n) is 3.17. The topological polar surface area (TPSA) is 63.3 Å². The Bertz CT molecular complexity index is 124. The molecule has 0 aliphatic heterocycles. The molecule has 3 N–H and O–H groups in total. The van der Waals surface area contributed by atoms with Crippen LogP contribution in [0.3, 0.4) is 0 Å². The Morgan fingerprint density at radius 3 is 2.44 bits per heavy atom. The second-order valence-electron chi connectivity index (χ2n) is 2.60. The molecule has 0 aromatic heterocycles. The van der Waals surface area contributed by atoms with E-state index in [1.54, 1.807) is 0 Å². The first-order valence-corrected chi connectivity index (χ1v) is 3.17. The summed E-state index contributed by atoms with van der Waals surface area (Å²) in [6.07, 6.45) is 2.24. The zero-order valence-corrected chi connectivity index (χ0v) is 5.21. The molecule has 2 atom stereocenters. The average molecular weight is 129 g/mol. The number of hydrogen-bond donors (Lipinski definition) is 2. The zero-order chi connectivity index (χ0) is 6.85. The molecule has 0 amide bonds. The normalized spacial score (nSPS) is 33.4. The van der Waals surface area contributed by atoms with Gasteiger partial charge in [-0.3, -0.25) is 4.79 Å². The minimum Gasteiger partial charge on any atom is -0.481 e. The van der Waals surface area contributed by atoms with Crippen LogP contribution in [0.15, 0.2) is 0 Å². The Hall–Kier alpha value is -0.570. The summed E-state index contributed by atoms with van der Waals surface area (Å²) < 4.78 is 0. The van der Waals surface area contributed by atoms with Crippen LogP contribution in [0.2, 0.25) is 0 Å². The highest BCUT2D eigenvalue weighted by Crippen LogP contribution is 2.28. The van der Waals surface area contributed by atoms with E-state index >= 15 is 0 Å². The molecule has 1 rings (SSSR count). The molecule has 0 spiro atoms. The molecule has 0 aromatic carbocycles. The van der Waals surface area contributed by atoms with Crippen LogP contribution in [0.25, 0.3) is 0 Å². The molecule has 0 radical (unpaired) electrons. The summed E-state index contributed by atoms with van der Waals surface area (Å²) in [5.74, 6) is -0.474. The van der Waals surface area contributed by atoms with E-state index < -0.39 is 5.97 Å². The molecule has 0 heterocycles. The number of nitrogens with two attached hydrogens (primary N) is 1. The first kappa shape index (κ1) is 6.55. The minimum absolute atomic E-state index is 0.154. The first-order chi connectivity index (χ1) is 4.20. The van der Waals surface area contributed by atoms with E-state index in [2.05, 4.69) is 0 Å². The third-order valence-corrected chi connectivity index (χ3v) is 1.91. The van der Waals surface area contributed by atoms with Crippen LogP contribution in [-0.2, 0) is 4.79 Å². The van der Waals surface area contributed by atoms with Crippen molar-refractivity contribution < 1.29 is 9.90 Å². The van der Waals surface area contributed by atoms with Crippen molar-refractivity contribution in [2.75, 3.05) is 0 Å². The molecule has 0 saturated heterocycles. The molecule has 0 unspecified atom stereocenters. The number of hydrogen-bond acceptors (Lipinski definition) is 2. The van der Waals surface area contributed by atoms with Gasteiger partial charge < -0.3 is 10.8 Å². The van der Waals surface area contributed by atoms with Crippen LogP contribution in [0.5, 0.6) is 0 Å². The summed E-state index contributed by atoms with van der Waals surface area (Å²) in [4.78, 5) is 10.1. The van der Waals surface area contributed by atoms with Crippen molar-refractivity contribution in [3.8, 4) is 0 Å². The van der Waals surface area contributed by atoms with Gasteiger partial charge in [-0.25, -0.2) is 0 Å². The Labute approximate surface area is 53.9 Å². The van der Waals surface area contributed by atoms with Gasteiger partial charge in [0.2, 0.25) is 0 Å². The van der Waals surface area contributed by atoms with Crippen molar-refractivity contribution in [2.24, 2.45) is 11.7 Å². The number of carboxylic acid groups (broad SMARTS) is 1. The van der Waals surface area contributed by atoms with E-state index in [-0.39, 0.29) is 18.4 Å². The van der Waals surface area contributed by atoms with E-state index in [4.69, 9.17) is 10.8 Å². The minimum atomic E-state index is -0.727. The van der Waals surface area contributed by atoms with Gasteiger partial charge >= 0.3 is 5.97 Å². The van der Waals surface area contributed by atoms with Crippen LogP contribution in [0.1, 0.15) is 19.3 Å². The molecule has 1 fully saturated rings.